The van der Waals surface area contributed by atoms with E-state index < -0.39 is 31.7 Å². The predicted molar refractivity (Wildman–Crippen MR) is 145 cm³/mol. The van der Waals surface area contributed by atoms with Gasteiger partial charge in [0.15, 0.2) is 12.0 Å². The SMILES string of the molecule is CCOC1CCC(n2cc(NC(=O)c3csc(-c4cnn(C(C)OP(=O)([O-])O)c4)n3)c(-c3nc(F)ccc3F)n2)CC1. The van der Waals surface area contributed by atoms with Gasteiger partial charge >= 0.3 is 0 Å². The lowest BCUT2D eigenvalue weighted by Gasteiger charge is -2.28. The van der Waals surface area contributed by atoms with Crippen LogP contribution in [0.3, 0.4) is 0 Å². The number of nitrogens with zero attached hydrogens (tertiary/aromatic N) is 6. The molecule has 17 heteroatoms. The van der Waals surface area contributed by atoms with Crippen LogP contribution in [0.4, 0.5) is 14.5 Å². The number of ether oxygens (including phenoxy) is 1. The van der Waals surface area contributed by atoms with Crippen molar-refractivity contribution >= 4 is 30.8 Å². The van der Waals surface area contributed by atoms with E-state index in [4.69, 9.17) is 9.63 Å². The van der Waals surface area contributed by atoms with Gasteiger partial charge in [0, 0.05) is 29.9 Å². The molecule has 0 saturated heterocycles. The summed E-state index contributed by atoms with van der Waals surface area (Å²) in [6.07, 6.45) is 6.63. The van der Waals surface area contributed by atoms with Crippen LogP contribution in [0.2, 0.25) is 0 Å². The summed E-state index contributed by atoms with van der Waals surface area (Å²) in [4.78, 5) is 41.2. The predicted octanol–water partition coefficient (Wildman–Crippen LogP) is 4.31. The van der Waals surface area contributed by atoms with Crippen LogP contribution in [0, 0.1) is 11.8 Å². The van der Waals surface area contributed by atoms with Crippen molar-refractivity contribution < 1.29 is 37.2 Å². The molecule has 13 nitrogen and oxygen atoms in total. The van der Waals surface area contributed by atoms with E-state index in [1.807, 2.05) is 6.92 Å². The second-order valence-corrected chi connectivity index (χ2v) is 11.6. The number of nitrogens with one attached hydrogen (secondary N) is 1. The molecular formula is C25H27F2N7O6PS-. The van der Waals surface area contributed by atoms with Crippen LogP contribution in [0.15, 0.2) is 36.1 Å². The fourth-order valence-corrected chi connectivity index (χ4v) is 5.98. The van der Waals surface area contributed by atoms with Crippen LogP contribution in [0.25, 0.3) is 22.0 Å². The first-order valence-corrected chi connectivity index (χ1v) is 15.4. The Morgan fingerprint density at radius 1 is 1.24 bits per heavy atom. The van der Waals surface area contributed by atoms with Crippen molar-refractivity contribution in [3.05, 3.63) is 53.6 Å². The first-order valence-electron chi connectivity index (χ1n) is 13.1. The molecule has 4 aromatic heterocycles. The Hall–Kier alpha value is -3.40. The van der Waals surface area contributed by atoms with Crippen molar-refractivity contribution in [2.45, 2.75) is 57.9 Å². The highest BCUT2D eigenvalue weighted by molar-refractivity contribution is 7.44. The number of hydrogen-bond acceptors (Lipinski definition) is 10. The molecule has 0 radical (unpaired) electrons. The lowest BCUT2D eigenvalue weighted by atomic mass is 9.93. The molecule has 4 heterocycles. The van der Waals surface area contributed by atoms with Gasteiger partial charge in [-0.15, -0.1) is 11.3 Å². The Kier molecular flexibility index (Phi) is 8.92. The van der Waals surface area contributed by atoms with Gasteiger partial charge in [-0.2, -0.15) is 14.6 Å². The number of amides is 1. The lowest BCUT2D eigenvalue weighted by Crippen LogP contribution is -2.24. The molecule has 0 spiro atoms. The van der Waals surface area contributed by atoms with E-state index in [0.29, 0.717) is 17.2 Å². The minimum absolute atomic E-state index is 0.0162. The van der Waals surface area contributed by atoms with Crippen LogP contribution >= 0.6 is 19.2 Å². The number of phosphoric ester groups is 1. The van der Waals surface area contributed by atoms with Crippen molar-refractivity contribution in [3.8, 4) is 22.0 Å². The van der Waals surface area contributed by atoms with E-state index in [2.05, 4.69) is 30.0 Å². The van der Waals surface area contributed by atoms with Gasteiger partial charge in [0.05, 0.1) is 24.0 Å². The molecule has 0 bridgehead atoms. The molecule has 0 aromatic carbocycles. The maximum atomic E-state index is 14.7. The third kappa shape index (κ3) is 6.97. The zero-order valence-electron chi connectivity index (χ0n) is 22.5. The maximum absolute atomic E-state index is 14.7. The monoisotopic (exact) mass is 622 g/mol. The van der Waals surface area contributed by atoms with E-state index in [0.717, 1.165) is 49.2 Å². The Bertz CT molecular complexity index is 1610. The number of pyridine rings is 1. The standard InChI is InChI=1S/C25H28F2N7O6PS/c1-3-39-17-6-4-16(5-7-17)34-12-19(23(32-34)22-18(26)8-9-21(27)31-22)29-24(35)20-13-42-25(30-20)15-10-28-33(11-15)14(2)40-41(36,37)38/h8-14,16-17H,3-7H2,1-2H3,(H,29,35)(H2,36,37,38)/p-1. The van der Waals surface area contributed by atoms with Crippen LogP contribution < -0.4 is 10.2 Å². The average molecular weight is 623 g/mol. The molecule has 42 heavy (non-hydrogen) atoms. The number of thiazole rings is 1. The highest BCUT2D eigenvalue weighted by atomic mass is 32.1. The third-order valence-electron chi connectivity index (χ3n) is 6.68. The first kappa shape index (κ1) is 30.1. The van der Waals surface area contributed by atoms with E-state index in [1.165, 1.54) is 29.4 Å². The van der Waals surface area contributed by atoms with Crippen molar-refractivity contribution in [2.24, 2.45) is 0 Å². The quantitative estimate of drug-likeness (QED) is 0.192. The summed E-state index contributed by atoms with van der Waals surface area (Å²) in [6, 6.07) is 1.82. The molecular weight excluding hydrogens is 595 g/mol. The Balaban J connectivity index is 1.37. The Labute approximate surface area is 242 Å². The van der Waals surface area contributed by atoms with Gasteiger partial charge in [0.1, 0.15) is 22.1 Å². The molecule has 1 fully saturated rings. The zero-order valence-corrected chi connectivity index (χ0v) is 24.2. The van der Waals surface area contributed by atoms with Gasteiger partial charge in [0.2, 0.25) is 5.95 Å². The molecule has 1 aliphatic carbocycles. The second-order valence-electron chi connectivity index (χ2n) is 9.60. The molecule has 5 rings (SSSR count). The number of aromatic nitrogens is 6. The van der Waals surface area contributed by atoms with E-state index in [9.17, 15) is 23.0 Å². The van der Waals surface area contributed by atoms with Crippen molar-refractivity contribution in [1.29, 1.82) is 0 Å². The van der Waals surface area contributed by atoms with E-state index >= 15 is 0 Å². The molecule has 224 valence electrons. The van der Waals surface area contributed by atoms with Gasteiger partial charge in [-0.1, -0.05) is 0 Å². The van der Waals surface area contributed by atoms with Crippen LogP contribution in [0.1, 0.15) is 62.3 Å². The molecule has 1 aliphatic rings. The Morgan fingerprint density at radius 2 is 2.00 bits per heavy atom. The molecule has 2 N–H and O–H groups in total. The topological polar surface area (TPSA) is 169 Å². The minimum atomic E-state index is -4.98. The van der Waals surface area contributed by atoms with Gasteiger partial charge in [0.25, 0.3) is 13.7 Å². The molecule has 4 aromatic rings. The Morgan fingerprint density at radius 3 is 2.71 bits per heavy atom. The summed E-state index contributed by atoms with van der Waals surface area (Å²) >= 11 is 1.13. The zero-order chi connectivity index (χ0) is 30.0. The summed E-state index contributed by atoms with van der Waals surface area (Å²) in [5, 5.41) is 13.1. The molecule has 0 aliphatic heterocycles. The minimum Gasteiger partial charge on any atom is -0.756 e. The van der Waals surface area contributed by atoms with Gasteiger partial charge in [-0.3, -0.25) is 18.6 Å². The number of anilines is 1. The summed E-state index contributed by atoms with van der Waals surface area (Å²) in [7, 11) is -4.98. The number of phosphoric acid groups is 1. The van der Waals surface area contributed by atoms with E-state index in [-0.39, 0.29) is 34.9 Å². The number of carbonyl (C=O) groups excluding carboxylic acids is 1. The first-order chi connectivity index (χ1) is 20.0. The molecule has 1 saturated carbocycles. The van der Waals surface area contributed by atoms with Crippen LogP contribution in [-0.4, -0.2) is 53.0 Å². The number of hydrogen-bond donors (Lipinski definition) is 2. The summed E-state index contributed by atoms with van der Waals surface area (Å²) < 4.78 is 52.8. The highest BCUT2D eigenvalue weighted by Gasteiger charge is 2.27. The smallest absolute Gasteiger partial charge is 0.275 e. The largest absolute Gasteiger partial charge is 0.756 e. The molecule has 2 atom stereocenters. The fraction of sp³-hybridized carbons (Fsp3) is 0.400. The summed E-state index contributed by atoms with van der Waals surface area (Å²) in [5.41, 5.74) is 0.298. The highest BCUT2D eigenvalue weighted by Crippen LogP contribution is 2.37. The summed E-state index contributed by atoms with van der Waals surface area (Å²) in [6.45, 7) is 3.95. The maximum Gasteiger partial charge on any atom is 0.275 e. The molecule has 2 unspecified atom stereocenters. The van der Waals surface area contributed by atoms with Crippen molar-refractivity contribution in [3.63, 3.8) is 0 Å². The second kappa shape index (κ2) is 12.5. The summed E-state index contributed by atoms with van der Waals surface area (Å²) in [5.74, 6) is -2.30. The third-order valence-corrected chi connectivity index (χ3v) is 8.14. The fourth-order valence-electron chi connectivity index (χ4n) is 4.73. The molecule has 1 amide bonds. The number of rotatable bonds is 10. The average Bonchev–Trinajstić information content (AvgIpc) is 3.70. The van der Waals surface area contributed by atoms with Crippen LogP contribution in [0.5, 0.6) is 0 Å². The number of carbonyl (C=O) groups is 1. The number of halogens is 2. The van der Waals surface area contributed by atoms with E-state index in [1.54, 1.807) is 10.9 Å². The normalized spacial score (nSPS) is 19.4. The lowest BCUT2D eigenvalue weighted by molar-refractivity contribution is -0.226. The van der Waals surface area contributed by atoms with Crippen LogP contribution in [-0.2, 0) is 13.8 Å². The van der Waals surface area contributed by atoms with Gasteiger partial charge < -0.3 is 19.8 Å². The van der Waals surface area contributed by atoms with Gasteiger partial charge in [-0.05, 0) is 51.7 Å². The van der Waals surface area contributed by atoms with Gasteiger partial charge in [-0.25, -0.2) is 19.0 Å². The van der Waals surface area contributed by atoms with Crippen molar-refractivity contribution in [1.82, 2.24) is 29.5 Å². The van der Waals surface area contributed by atoms with Crippen molar-refractivity contribution in [2.75, 3.05) is 11.9 Å².